The first kappa shape index (κ1) is 14.5. The highest BCUT2D eigenvalue weighted by Gasteiger charge is 2.16. The molecule has 0 fully saturated rings. The Kier molecular flexibility index (Phi) is 4.75. The lowest BCUT2D eigenvalue weighted by atomic mass is 10.3. The second-order valence-corrected chi connectivity index (χ2v) is 6.10. The van der Waals surface area contributed by atoms with Crippen LogP contribution < -0.4 is 5.32 Å². The summed E-state index contributed by atoms with van der Waals surface area (Å²) >= 11 is 5.69. The molecule has 5 nitrogen and oxygen atoms in total. The zero-order valence-electron chi connectivity index (χ0n) is 9.39. The SMILES string of the molecule is C=CCS(=O)(=O)CC(=O)Nc1cc(Cl)ccc1O. The average Bonchev–Trinajstić information content (AvgIpc) is 2.22. The Morgan fingerprint density at radius 2 is 2.17 bits per heavy atom. The van der Waals surface area contributed by atoms with Crippen LogP contribution in [0.15, 0.2) is 30.9 Å². The first-order chi connectivity index (χ1) is 8.34. The Hall–Kier alpha value is -1.53. The highest BCUT2D eigenvalue weighted by atomic mass is 35.5. The van der Waals surface area contributed by atoms with Crippen molar-refractivity contribution in [3.8, 4) is 5.75 Å². The molecule has 0 saturated carbocycles. The Morgan fingerprint density at radius 3 is 2.78 bits per heavy atom. The van der Waals surface area contributed by atoms with E-state index in [1.54, 1.807) is 0 Å². The van der Waals surface area contributed by atoms with Crippen LogP contribution in [0.5, 0.6) is 5.75 Å². The molecule has 0 aliphatic rings. The molecule has 1 aromatic carbocycles. The van der Waals surface area contributed by atoms with E-state index in [-0.39, 0.29) is 17.2 Å². The number of hydrogen-bond donors (Lipinski definition) is 2. The molecule has 0 heterocycles. The Morgan fingerprint density at radius 1 is 1.50 bits per heavy atom. The molecular formula is C11H12ClNO4S. The number of aromatic hydroxyl groups is 1. The molecule has 0 atom stereocenters. The Bertz CT molecular complexity index is 568. The fourth-order valence-electron chi connectivity index (χ4n) is 1.23. The number of phenols is 1. The minimum atomic E-state index is -3.52. The van der Waals surface area contributed by atoms with Crippen LogP contribution in [0.3, 0.4) is 0 Å². The third-order valence-corrected chi connectivity index (χ3v) is 3.64. The Balaban J connectivity index is 2.76. The summed E-state index contributed by atoms with van der Waals surface area (Å²) in [6.07, 6.45) is 1.21. The van der Waals surface area contributed by atoms with E-state index in [9.17, 15) is 18.3 Å². The van der Waals surface area contributed by atoms with Crippen LogP contribution in [-0.4, -0.2) is 30.9 Å². The van der Waals surface area contributed by atoms with Gasteiger partial charge in [0.15, 0.2) is 9.84 Å². The van der Waals surface area contributed by atoms with Crippen LogP contribution in [-0.2, 0) is 14.6 Å². The molecule has 1 amide bonds. The van der Waals surface area contributed by atoms with Crippen molar-refractivity contribution in [3.63, 3.8) is 0 Å². The number of carbonyl (C=O) groups excluding carboxylic acids is 1. The van der Waals surface area contributed by atoms with Crippen molar-refractivity contribution in [1.29, 1.82) is 0 Å². The van der Waals surface area contributed by atoms with Crippen molar-refractivity contribution >= 4 is 33.0 Å². The van der Waals surface area contributed by atoms with Crippen LogP contribution in [0.4, 0.5) is 5.69 Å². The number of amides is 1. The average molecular weight is 290 g/mol. The number of carbonyl (C=O) groups is 1. The molecule has 0 saturated heterocycles. The first-order valence-electron chi connectivity index (χ1n) is 4.94. The van der Waals surface area contributed by atoms with Gasteiger partial charge in [-0.15, -0.1) is 6.58 Å². The van der Waals surface area contributed by atoms with Crippen molar-refractivity contribution in [1.82, 2.24) is 0 Å². The zero-order valence-corrected chi connectivity index (χ0v) is 11.0. The van der Waals surface area contributed by atoms with E-state index in [0.717, 1.165) is 0 Å². The molecule has 2 N–H and O–H groups in total. The predicted molar refractivity (Wildman–Crippen MR) is 70.6 cm³/mol. The maximum atomic E-state index is 11.5. The van der Waals surface area contributed by atoms with Crippen LogP contribution >= 0.6 is 11.6 Å². The van der Waals surface area contributed by atoms with Crippen LogP contribution in [0, 0.1) is 0 Å². The number of sulfone groups is 1. The van der Waals surface area contributed by atoms with Gasteiger partial charge in [-0.25, -0.2) is 8.42 Å². The number of benzene rings is 1. The highest BCUT2D eigenvalue weighted by molar-refractivity contribution is 7.92. The van der Waals surface area contributed by atoms with Gasteiger partial charge in [0.05, 0.1) is 11.4 Å². The largest absolute Gasteiger partial charge is 0.506 e. The molecule has 0 aromatic heterocycles. The number of halogens is 1. The first-order valence-corrected chi connectivity index (χ1v) is 7.13. The number of nitrogens with one attached hydrogen (secondary N) is 1. The van der Waals surface area contributed by atoms with Gasteiger partial charge in [0.1, 0.15) is 11.5 Å². The van der Waals surface area contributed by atoms with E-state index in [2.05, 4.69) is 11.9 Å². The van der Waals surface area contributed by atoms with Gasteiger partial charge < -0.3 is 10.4 Å². The summed E-state index contributed by atoms with van der Waals surface area (Å²) < 4.78 is 22.7. The van der Waals surface area contributed by atoms with Crippen molar-refractivity contribution in [2.75, 3.05) is 16.8 Å². The van der Waals surface area contributed by atoms with Gasteiger partial charge in [-0.3, -0.25) is 4.79 Å². The second kappa shape index (κ2) is 5.88. The van der Waals surface area contributed by atoms with Gasteiger partial charge in [-0.1, -0.05) is 17.7 Å². The lowest BCUT2D eigenvalue weighted by Gasteiger charge is -2.07. The van der Waals surface area contributed by atoms with Crippen LogP contribution in [0.2, 0.25) is 5.02 Å². The third kappa shape index (κ3) is 4.38. The van der Waals surface area contributed by atoms with Crippen LogP contribution in [0.1, 0.15) is 0 Å². The van der Waals surface area contributed by atoms with E-state index >= 15 is 0 Å². The highest BCUT2D eigenvalue weighted by Crippen LogP contribution is 2.26. The van der Waals surface area contributed by atoms with Crippen molar-refractivity contribution in [2.45, 2.75) is 0 Å². The van der Waals surface area contributed by atoms with E-state index in [4.69, 9.17) is 11.6 Å². The smallest absolute Gasteiger partial charge is 0.239 e. The summed E-state index contributed by atoms with van der Waals surface area (Å²) in [7, 11) is -3.52. The molecule has 0 bridgehead atoms. The molecule has 18 heavy (non-hydrogen) atoms. The summed E-state index contributed by atoms with van der Waals surface area (Å²) in [5.74, 6) is -1.88. The molecule has 0 aliphatic carbocycles. The lowest BCUT2D eigenvalue weighted by Crippen LogP contribution is -2.24. The molecule has 0 aliphatic heterocycles. The topological polar surface area (TPSA) is 83.5 Å². The Labute approximate surface area is 110 Å². The van der Waals surface area contributed by atoms with E-state index in [1.807, 2.05) is 0 Å². The molecule has 0 unspecified atom stereocenters. The summed E-state index contributed by atoms with van der Waals surface area (Å²) in [4.78, 5) is 11.5. The molecule has 7 heteroatoms. The predicted octanol–water partition coefficient (Wildman–Crippen LogP) is 1.58. The van der Waals surface area contributed by atoms with Gasteiger partial charge in [-0.2, -0.15) is 0 Å². The summed E-state index contributed by atoms with van der Waals surface area (Å²) in [6.45, 7) is 3.29. The standard InChI is InChI=1S/C11H12ClNO4S/c1-2-5-18(16,17)7-11(15)13-9-6-8(12)3-4-10(9)14/h2-4,6,14H,1,5,7H2,(H,13,15). The molecule has 0 spiro atoms. The van der Waals surface area contributed by atoms with Crippen molar-refractivity contribution in [2.24, 2.45) is 0 Å². The second-order valence-electron chi connectivity index (χ2n) is 3.55. The van der Waals surface area contributed by atoms with Gasteiger partial charge in [0.25, 0.3) is 0 Å². The monoisotopic (exact) mass is 289 g/mol. The number of phenolic OH excluding ortho intramolecular Hbond substituents is 1. The normalized spacial score (nSPS) is 10.9. The van der Waals surface area contributed by atoms with Gasteiger partial charge in [0.2, 0.25) is 5.91 Å². The molecule has 1 rings (SSSR count). The lowest BCUT2D eigenvalue weighted by molar-refractivity contribution is -0.113. The van der Waals surface area contributed by atoms with Gasteiger partial charge in [-0.05, 0) is 18.2 Å². The van der Waals surface area contributed by atoms with E-state index < -0.39 is 21.5 Å². The fourth-order valence-corrected chi connectivity index (χ4v) is 2.35. The molecular weight excluding hydrogens is 278 g/mol. The minimum Gasteiger partial charge on any atom is -0.506 e. The molecule has 98 valence electrons. The number of anilines is 1. The van der Waals surface area contributed by atoms with Crippen molar-refractivity contribution in [3.05, 3.63) is 35.9 Å². The number of rotatable bonds is 5. The van der Waals surface area contributed by atoms with E-state index in [1.165, 1.54) is 24.3 Å². The molecule has 1 aromatic rings. The van der Waals surface area contributed by atoms with Gasteiger partial charge in [0, 0.05) is 5.02 Å². The summed E-state index contributed by atoms with van der Waals surface area (Å²) in [5.41, 5.74) is 0.0707. The summed E-state index contributed by atoms with van der Waals surface area (Å²) in [6, 6.07) is 4.08. The zero-order chi connectivity index (χ0) is 13.8. The van der Waals surface area contributed by atoms with Gasteiger partial charge >= 0.3 is 0 Å². The molecule has 0 radical (unpaired) electrons. The van der Waals surface area contributed by atoms with Crippen LogP contribution in [0.25, 0.3) is 0 Å². The fraction of sp³-hybridized carbons (Fsp3) is 0.182. The number of hydrogen-bond acceptors (Lipinski definition) is 4. The third-order valence-electron chi connectivity index (χ3n) is 1.96. The quantitative estimate of drug-likeness (QED) is 0.637. The van der Waals surface area contributed by atoms with Crippen molar-refractivity contribution < 1.29 is 18.3 Å². The minimum absolute atomic E-state index is 0.0707. The summed E-state index contributed by atoms with van der Waals surface area (Å²) in [5, 5.41) is 12.0. The maximum Gasteiger partial charge on any atom is 0.239 e. The van der Waals surface area contributed by atoms with E-state index in [0.29, 0.717) is 5.02 Å². The maximum absolute atomic E-state index is 11.5.